The number of aliphatic hydroxyl groups excluding tert-OH is 1. The summed E-state index contributed by atoms with van der Waals surface area (Å²) in [6.45, 7) is 3.51. The number of aliphatic hydroxyl groups is 1. The first-order valence-electron chi connectivity index (χ1n) is 9.49. The molecule has 1 heterocycles. The van der Waals surface area contributed by atoms with E-state index in [2.05, 4.69) is 25.8 Å². The summed E-state index contributed by atoms with van der Waals surface area (Å²) in [7, 11) is 0. The molecule has 0 spiro atoms. The van der Waals surface area contributed by atoms with Crippen LogP contribution in [0.5, 0.6) is 0 Å². The molecule has 1 aromatic heterocycles. The van der Waals surface area contributed by atoms with E-state index in [0.717, 1.165) is 11.1 Å². The lowest BCUT2D eigenvalue weighted by Gasteiger charge is -2.14. The van der Waals surface area contributed by atoms with Crippen molar-refractivity contribution in [3.63, 3.8) is 0 Å². The van der Waals surface area contributed by atoms with Gasteiger partial charge in [0.15, 0.2) is 5.96 Å². The number of aliphatic imine (C=N–C) groups is 1. The minimum atomic E-state index is -0.525. The molecule has 0 fully saturated rings. The lowest BCUT2D eigenvalue weighted by atomic mass is 10.1. The van der Waals surface area contributed by atoms with E-state index in [4.69, 9.17) is 16.1 Å². The smallest absolute Gasteiger partial charge is 0.248 e. The topological polar surface area (TPSA) is 95.6 Å². The Hall–Kier alpha value is -2.90. The number of hydrogen-bond acceptors (Lipinski definition) is 5. The van der Waals surface area contributed by atoms with Crippen molar-refractivity contribution in [1.29, 1.82) is 0 Å². The van der Waals surface area contributed by atoms with Gasteiger partial charge < -0.3 is 20.3 Å². The van der Waals surface area contributed by atoms with Crippen LogP contribution in [0.4, 0.5) is 0 Å². The average Bonchev–Trinajstić information content (AvgIpc) is 3.22. The molecular weight excluding hydrogens is 390 g/mol. The van der Waals surface area contributed by atoms with Crippen molar-refractivity contribution in [2.45, 2.75) is 26.0 Å². The molecule has 152 valence electrons. The van der Waals surface area contributed by atoms with Crippen molar-refractivity contribution in [3.05, 3.63) is 71.1 Å². The summed E-state index contributed by atoms with van der Waals surface area (Å²) in [6, 6.07) is 16.9. The molecule has 29 heavy (non-hydrogen) atoms. The van der Waals surface area contributed by atoms with Gasteiger partial charge in [0.05, 0.1) is 6.10 Å². The zero-order valence-corrected chi connectivity index (χ0v) is 16.9. The van der Waals surface area contributed by atoms with Crippen LogP contribution in [0.3, 0.4) is 0 Å². The molecule has 0 aliphatic heterocycles. The normalized spacial score (nSPS) is 12.6. The molecule has 2 aromatic carbocycles. The molecule has 0 aliphatic rings. The molecule has 0 aliphatic carbocycles. The minimum absolute atomic E-state index is 0.240. The number of rotatable bonds is 8. The fourth-order valence-electron chi connectivity index (χ4n) is 2.72. The Labute approximate surface area is 174 Å². The predicted molar refractivity (Wildman–Crippen MR) is 114 cm³/mol. The third kappa shape index (κ3) is 6.30. The SMILES string of the molecule is CCNC(=NCc1nc(-c2cccc(Cl)c2)no1)NCCC(O)c1ccccc1. The molecule has 3 rings (SSSR count). The maximum Gasteiger partial charge on any atom is 0.248 e. The Balaban J connectivity index is 1.55. The van der Waals surface area contributed by atoms with E-state index in [0.29, 0.717) is 42.2 Å². The van der Waals surface area contributed by atoms with E-state index in [1.165, 1.54) is 0 Å². The van der Waals surface area contributed by atoms with Gasteiger partial charge in [-0.1, -0.05) is 59.2 Å². The molecule has 3 aromatic rings. The zero-order valence-electron chi connectivity index (χ0n) is 16.2. The fourth-order valence-corrected chi connectivity index (χ4v) is 2.91. The second-order valence-electron chi connectivity index (χ2n) is 6.36. The molecule has 3 N–H and O–H groups in total. The van der Waals surface area contributed by atoms with Crippen molar-refractivity contribution < 1.29 is 9.63 Å². The van der Waals surface area contributed by atoms with Crippen molar-refractivity contribution in [1.82, 2.24) is 20.8 Å². The zero-order chi connectivity index (χ0) is 20.5. The Morgan fingerprint density at radius 3 is 2.76 bits per heavy atom. The van der Waals surface area contributed by atoms with Gasteiger partial charge >= 0.3 is 0 Å². The summed E-state index contributed by atoms with van der Waals surface area (Å²) in [5.41, 5.74) is 1.69. The van der Waals surface area contributed by atoms with Crippen molar-refractivity contribution in [2.75, 3.05) is 13.1 Å². The third-order valence-corrected chi connectivity index (χ3v) is 4.40. The van der Waals surface area contributed by atoms with Crippen LogP contribution in [0.15, 0.2) is 64.1 Å². The van der Waals surface area contributed by atoms with Crippen molar-refractivity contribution in [2.24, 2.45) is 4.99 Å². The minimum Gasteiger partial charge on any atom is -0.388 e. The largest absolute Gasteiger partial charge is 0.388 e. The molecule has 0 radical (unpaired) electrons. The summed E-state index contributed by atoms with van der Waals surface area (Å²) < 4.78 is 5.28. The van der Waals surface area contributed by atoms with E-state index in [9.17, 15) is 5.11 Å². The average molecular weight is 414 g/mol. The second kappa shape index (κ2) is 10.6. The van der Waals surface area contributed by atoms with Crippen LogP contribution in [0.25, 0.3) is 11.4 Å². The maximum absolute atomic E-state index is 10.3. The van der Waals surface area contributed by atoms with Gasteiger partial charge in [0, 0.05) is 23.7 Å². The highest BCUT2D eigenvalue weighted by molar-refractivity contribution is 6.30. The number of nitrogens with one attached hydrogen (secondary N) is 2. The van der Waals surface area contributed by atoms with Crippen molar-refractivity contribution >= 4 is 17.6 Å². The Morgan fingerprint density at radius 2 is 2.00 bits per heavy atom. The van der Waals surface area contributed by atoms with Gasteiger partial charge in [-0.25, -0.2) is 4.99 Å². The fraction of sp³-hybridized carbons (Fsp3) is 0.286. The molecular formula is C21H24ClN5O2. The number of aromatic nitrogens is 2. The summed E-state index contributed by atoms with van der Waals surface area (Å²) in [5.74, 6) is 1.50. The molecule has 0 amide bonds. The number of benzene rings is 2. The van der Waals surface area contributed by atoms with Gasteiger partial charge in [0.25, 0.3) is 0 Å². The number of hydrogen-bond donors (Lipinski definition) is 3. The van der Waals surface area contributed by atoms with Crippen LogP contribution >= 0.6 is 11.6 Å². The summed E-state index contributed by atoms with van der Waals surface area (Å²) >= 11 is 6.01. The van der Waals surface area contributed by atoms with Gasteiger partial charge in [0.1, 0.15) is 6.54 Å². The highest BCUT2D eigenvalue weighted by Gasteiger charge is 2.10. The number of guanidine groups is 1. The lowest BCUT2D eigenvalue weighted by molar-refractivity contribution is 0.168. The summed E-state index contributed by atoms with van der Waals surface area (Å²) in [6.07, 6.45) is 0.0382. The van der Waals surface area contributed by atoms with Crippen molar-refractivity contribution in [3.8, 4) is 11.4 Å². The second-order valence-corrected chi connectivity index (χ2v) is 6.80. The molecule has 1 unspecified atom stereocenters. The van der Waals surface area contributed by atoms with E-state index >= 15 is 0 Å². The Morgan fingerprint density at radius 1 is 1.17 bits per heavy atom. The summed E-state index contributed by atoms with van der Waals surface area (Å²) in [5, 5.41) is 21.2. The van der Waals surface area contributed by atoms with Crippen LogP contribution in [-0.2, 0) is 6.54 Å². The van der Waals surface area contributed by atoms with Crippen LogP contribution in [0.1, 0.15) is 30.9 Å². The first-order valence-corrected chi connectivity index (χ1v) is 9.87. The lowest BCUT2D eigenvalue weighted by Crippen LogP contribution is -2.38. The maximum atomic E-state index is 10.3. The van der Waals surface area contributed by atoms with Gasteiger partial charge in [0.2, 0.25) is 11.7 Å². The van der Waals surface area contributed by atoms with E-state index in [-0.39, 0.29) is 6.54 Å². The van der Waals surface area contributed by atoms with E-state index in [1.807, 2.05) is 49.4 Å². The predicted octanol–water partition coefficient (Wildman–Crippen LogP) is 3.57. The highest BCUT2D eigenvalue weighted by Crippen LogP contribution is 2.20. The van der Waals surface area contributed by atoms with Gasteiger partial charge in [-0.15, -0.1) is 0 Å². The standard InChI is InChI=1S/C21H24ClN5O2/c1-2-23-21(24-12-11-18(28)15-7-4-3-5-8-15)25-14-19-26-20(27-29-19)16-9-6-10-17(22)13-16/h3-10,13,18,28H,2,11-12,14H2,1H3,(H2,23,24,25). The molecule has 8 heteroatoms. The summed E-state index contributed by atoms with van der Waals surface area (Å²) in [4.78, 5) is 8.83. The first-order chi connectivity index (χ1) is 14.2. The first kappa shape index (κ1) is 20.8. The molecule has 0 saturated heterocycles. The van der Waals surface area contributed by atoms with Crippen LogP contribution < -0.4 is 10.6 Å². The van der Waals surface area contributed by atoms with Gasteiger partial charge in [-0.05, 0) is 31.0 Å². The monoisotopic (exact) mass is 413 g/mol. The molecule has 0 bridgehead atoms. The molecule has 0 saturated carbocycles. The van der Waals surface area contributed by atoms with Gasteiger partial charge in [-0.3, -0.25) is 0 Å². The number of nitrogens with zero attached hydrogens (tertiary/aromatic N) is 3. The quantitative estimate of drug-likeness (QED) is 0.386. The highest BCUT2D eigenvalue weighted by atomic mass is 35.5. The molecule has 1 atom stereocenters. The Kier molecular flexibility index (Phi) is 7.61. The molecule has 7 nitrogen and oxygen atoms in total. The van der Waals surface area contributed by atoms with Crippen LogP contribution in [0.2, 0.25) is 5.02 Å². The Bertz CT molecular complexity index is 930. The van der Waals surface area contributed by atoms with E-state index in [1.54, 1.807) is 12.1 Å². The number of halogens is 1. The third-order valence-electron chi connectivity index (χ3n) is 4.16. The van der Waals surface area contributed by atoms with Crippen LogP contribution in [0, 0.1) is 0 Å². The van der Waals surface area contributed by atoms with Crippen LogP contribution in [-0.4, -0.2) is 34.3 Å². The van der Waals surface area contributed by atoms with Gasteiger partial charge in [-0.2, -0.15) is 4.98 Å². The van der Waals surface area contributed by atoms with E-state index < -0.39 is 6.10 Å².